The van der Waals surface area contributed by atoms with E-state index in [0.717, 1.165) is 23.5 Å². The number of benzene rings is 1. The SMILES string of the molecule is CN(CCCc1ccc2nc[nH]c2c1)C1CCNCC1. The fourth-order valence-electron chi connectivity index (χ4n) is 3.10. The first-order valence-electron chi connectivity index (χ1n) is 7.66. The molecule has 0 spiro atoms. The molecular weight excluding hydrogens is 248 g/mol. The summed E-state index contributed by atoms with van der Waals surface area (Å²) in [6, 6.07) is 7.31. The predicted molar refractivity (Wildman–Crippen MR) is 82.9 cm³/mol. The molecule has 3 rings (SSSR count). The van der Waals surface area contributed by atoms with Crippen LogP contribution in [0.4, 0.5) is 0 Å². The third-order valence-electron chi connectivity index (χ3n) is 4.39. The number of aryl methyl sites for hydroxylation is 1. The molecule has 108 valence electrons. The fourth-order valence-corrected chi connectivity index (χ4v) is 3.10. The molecule has 4 nitrogen and oxygen atoms in total. The van der Waals surface area contributed by atoms with Crippen LogP contribution in [0.1, 0.15) is 24.8 Å². The van der Waals surface area contributed by atoms with Crippen LogP contribution in [0.5, 0.6) is 0 Å². The van der Waals surface area contributed by atoms with Crippen molar-refractivity contribution in [3.8, 4) is 0 Å². The summed E-state index contributed by atoms with van der Waals surface area (Å²) in [4.78, 5) is 9.98. The van der Waals surface area contributed by atoms with Gasteiger partial charge in [-0.15, -0.1) is 0 Å². The first-order chi connectivity index (χ1) is 9.83. The van der Waals surface area contributed by atoms with E-state index < -0.39 is 0 Å². The van der Waals surface area contributed by atoms with Crippen molar-refractivity contribution in [1.29, 1.82) is 0 Å². The summed E-state index contributed by atoms with van der Waals surface area (Å²) in [5.74, 6) is 0. The Morgan fingerprint density at radius 1 is 1.30 bits per heavy atom. The van der Waals surface area contributed by atoms with Gasteiger partial charge in [-0.1, -0.05) is 6.07 Å². The van der Waals surface area contributed by atoms with Gasteiger partial charge in [-0.05, 0) is 70.1 Å². The Labute approximate surface area is 120 Å². The first-order valence-corrected chi connectivity index (χ1v) is 7.66. The monoisotopic (exact) mass is 272 g/mol. The number of hydrogen-bond donors (Lipinski definition) is 2. The second-order valence-corrected chi connectivity index (χ2v) is 5.82. The summed E-state index contributed by atoms with van der Waals surface area (Å²) in [6.07, 6.45) is 6.71. The molecule has 1 aliphatic rings. The number of nitrogens with zero attached hydrogens (tertiary/aromatic N) is 2. The average Bonchev–Trinajstić information content (AvgIpc) is 2.95. The number of piperidine rings is 1. The van der Waals surface area contributed by atoms with Gasteiger partial charge in [-0.3, -0.25) is 0 Å². The molecule has 2 aromatic rings. The zero-order valence-electron chi connectivity index (χ0n) is 12.2. The molecule has 2 N–H and O–H groups in total. The van der Waals surface area contributed by atoms with Crippen molar-refractivity contribution in [3.05, 3.63) is 30.1 Å². The van der Waals surface area contributed by atoms with Crippen LogP contribution in [0.3, 0.4) is 0 Å². The Morgan fingerprint density at radius 2 is 2.15 bits per heavy atom. The maximum absolute atomic E-state index is 4.26. The van der Waals surface area contributed by atoms with Crippen molar-refractivity contribution >= 4 is 11.0 Å². The van der Waals surface area contributed by atoms with Crippen LogP contribution >= 0.6 is 0 Å². The van der Waals surface area contributed by atoms with E-state index in [1.165, 1.54) is 44.5 Å². The van der Waals surface area contributed by atoms with Gasteiger partial charge in [0.2, 0.25) is 0 Å². The van der Waals surface area contributed by atoms with Crippen molar-refractivity contribution in [2.45, 2.75) is 31.7 Å². The Morgan fingerprint density at radius 3 is 3.00 bits per heavy atom. The van der Waals surface area contributed by atoms with E-state index >= 15 is 0 Å². The number of H-pyrrole nitrogens is 1. The van der Waals surface area contributed by atoms with Crippen LogP contribution in [-0.4, -0.2) is 47.6 Å². The first kappa shape index (κ1) is 13.6. The molecule has 0 atom stereocenters. The molecule has 1 aliphatic heterocycles. The smallest absolute Gasteiger partial charge is 0.0931 e. The minimum atomic E-state index is 0.770. The van der Waals surface area contributed by atoms with Gasteiger partial charge >= 0.3 is 0 Å². The van der Waals surface area contributed by atoms with Gasteiger partial charge in [0, 0.05) is 6.04 Å². The van der Waals surface area contributed by atoms with Crippen molar-refractivity contribution in [3.63, 3.8) is 0 Å². The Kier molecular flexibility index (Phi) is 4.33. The highest BCUT2D eigenvalue weighted by atomic mass is 15.1. The van der Waals surface area contributed by atoms with Gasteiger partial charge in [0.15, 0.2) is 0 Å². The maximum atomic E-state index is 4.26. The van der Waals surface area contributed by atoms with Crippen molar-refractivity contribution in [2.75, 3.05) is 26.7 Å². The highest BCUT2D eigenvalue weighted by molar-refractivity contribution is 5.74. The number of imidazole rings is 1. The third kappa shape index (κ3) is 3.19. The summed E-state index contributed by atoms with van der Waals surface area (Å²) in [7, 11) is 2.27. The number of fused-ring (bicyclic) bond motifs is 1. The second-order valence-electron chi connectivity index (χ2n) is 5.82. The number of aromatic nitrogens is 2. The van der Waals surface area contributed by atoms with Crippen LogP contribution in [0.15, 0.2) is 24.5 Å². The summed E-state index contributed by atoms with van der Waals surface area (Å²) < 4.78 is 0. The summed E-state index contributed by atoms with van der Waals surface area (Å²) in [6.45, 7) is 3.53. The van der Waals surface area contributed by atoms with E-state index in [1.807, 2.05) is 0 Å². The Bertz CT molecular complexity index is 542. The summed E-state index contributed by atoms with van der Waals surface area (Å²) >= 11 is 0. The lowest BCUT2D eigenvalue weighted by molar-refractivity contribution is 0.197. The number of rotatable bonds is 5. The Hall–Kier alpha value is -1.39. The lowest BCUT2D eigenvalue weighted by Gasteiger charge is -2.31. The number of nitrogens with one attached hydrogen (secondary N) is 2. The van der Waals surface area contributed by atoms with Crippen molar-refractivity contribution < 1.29 is 0 Å². The zero-order chi connectivity index (χ0) is 13.8. The Balaban J connectivity index is 1.48. The average molecular weight is 272 g/mol. The van der Waals surface area contributed by atoms with Crippen molar-refractivity contribution in [1.82, 2.24) is 20.2 Å². The summed E-state index contributed by atoms with van der Waals surface area (Å²) in [5, 5.41) is 3.43. The molecule has 1 aromatic heterocycles. The molecule has 0 unspecified atom stereocenters. The molecule has 1 aromatic carbocycles. The molecule has 20 heavy (non-hydrogen) atoms. The lowest BCUT2D eigenvalue weighted by Crippen LogP contribution is -2.41. The highest BCUT2D eigenvalue weighted by Gasteiger charge is 2.16. The predicted octanol–water partition coefficient (Wildman–Crippen LogP) is 2.18. The van der Waals surface area contributed by atoms with E-state index in [9.17, 15) is 0 Å². The molecule has 0 amide bonds. The molecular formula is C16H24N4. The molecule has 0 bridgehead atoms. The molecule has 4 heteroatoms. The fraction of sp³-hybridized carbons (Fsp3) is 0.562. The zero-order valence-corrected chi connectivity index (χ0v) is 12.2. The molecule has 1 fully saturated rings. The topological polar surface area (TPSA) is 44.0 Å². The maximum Gasteiger partial charge on any atom is 0.0931 e. The van der Waals surface area contributed by atoms with E-state index in [2.05, 4.69) is 45.4 Å². The highest BCUT2D eigenvalue weighted by Crippen LogP contribution is 2.14. The lowest BCUT2D eigenvalue weighted by atomic mass is 10.0. The van der Waals surface area contributed by atoms with Gasteiger partial charge in [0.1, 0.15) is 0 Å². The molecule has 0 aliphatic carbocycles. The van der Waals surface area contributed by atoms with Crippen LogP contribution in [0.2, 0.25) is 0 Å². The minimum absolute atomic E-state index is 0.770. The van der Waals surface area contributed by atoms with Crippen LogP contribution in [0, 0.1) is 0 Å². The van der Waals surface area contributed by atoms with Gasteiger partial charge in [0.25, 0.3) is 0 Å². The largest absolute Gasteiger partial charge is 0.345 e. The number of aromatic amines is 1. The molecule has 1 saturated heterocycles. The number of hydrogen-bond acceptors (Lipinski definition) is 3. The third-order valence-corrected chi connectivity index (χ3v) is 4.39. The second kappa shape index (κ2) is 6.37. The van der Waals surface area contributed by atoms with E-state index in [0.29, 0.717) is 0 Å². The van der Waals surface area contributed by atoms with Gasteiger partial charge < -0.3 is 15.2 Å². The standard InChI is InChI=1S/C16H24N4/c1-20(14-6-8-17-9-7-14)10-2-3-13-4-5-15-16(11-13)19-12-18-15/h4-5,11-12,14,17H,2-3,6-10H2,1H3,(H,18,19). The van der Waals surface area contributed by atoms with Crippen LogP contribution < -0.4 is 5.32 Å². The van der Waals surface area contributed by atoms with E-state index in [-0.39, 0.29) is 0 Å². The van der Waals surface area contributed by atoms with Gasteiger partial charge in [0.05, 0.1) is 17.4 Å². The van der Waals surface area contributed by atoms with Gasteiger partial charge in [-0.25, -0.2) is 4.98 Å². The van der Waals surface area contributed by atoms with E-state index in [4.69, 9.17) is 0 Å². The molecule has 0 radical (unpaired) electrons. The minimum Gasteiger partial charge on any atom is -0.345 e. The molecule has 0 saturated carbocycles. The van der Waals surface area contributed by atoms with E-state index in [1.54, 1.807) is 6.33 Å². The van der Waals surface area contributed by atoms with Gasteiger partial charge in [-0.2, -0.15) is 0 Å². The molecule has 2 heterocycles. The summed E-state index contributed by atoms with van der Waals surface area (Å²) in [5.41, 5.74) is 3.61. The van der Waals surface area contributed by atoms with Crippen molar-refractivity contribution in [2.24, 2.45) is 0 Å². The quantitative estimate of drug-likeness (QED) is 0.877. The van der Waals surface area contributed by atoms with Crippen LogP contribution in [-0.2, 0) is 6.42 Å². The van der Waals surface area contributed by atoms with Crippen LogP contribution in [0.25, 0.3) is 11.0 Å². The normalized spacial score (nSPS) is 17.1.